The molecule has 1 fully saturated rings. The van der Waals surface area contributed by atoms with Gasteiger partial charge in [0.05, 0.1) is 18.5 Å². The van der Waals surface area contributed by atoms with Crippen LogP contribution in [0, 0.1) is 0 Å². The van der Waals surface area contributed by atoms with E-state index in [1.54, 1.807) is 0 Å². The molecule has 0 aliphatic carbocycles. The van der Waals surface area contributed by atoms with Crippen molar-refractivity contribution in [2.24, 2.45) is 7.05 Å². The minimum Gasteiger partial charge on any atom is -0.369 e. The molecule has 0 spiro atoms. The van der Waals surface area contributed by atoms with Crippen LogP contribution >= 0.6 is 11.6 Å². The van der Waals surface area contributed by atoms with E-state index in [1.165, 1.54) is 5.56 Å². The van der Waals surface area contributed by atoms with Gasteiger partial charge in [0.1, 0.15) is 6.10 Å². The molecule has 0 unspecified atom stereocenters. The second kappa shape index (κ2) is 8.21. The Hall–Kier alpha value is -2.21. The van der Waals surface area contributed by atoms with Crippen LogP contribution in [0.15, 0.2) is 54.9 Å². The predicted octanol–water partition coefficient (Wildman–Crippen LogP) is 3.63. The Morgan fingerprint density at radius 2 is 2.07 bits per heavy atom. The third-order valence-electron chi connectivity index (χ3n) is 4.75. The molecule has 5 nitrogen and oxygen atoms in total. The first-order valence-electron chi connectivity index (χ1n) is 9.17. The van der Waals surface area contributed by atoms with Crippen molar-refractivity contribution < 1.29 is 4.74 Å². The van der Waals surface area contributed by atoms with Gasteiger partial charge in [-0.3, -0.25) is 14.6 Å². The van der Waals surface area contributed by atoms with Gasteiger partial charge < -0.3 is 4.74 Å². The van der Waals surface area contributed by atoms with E-state index in [9.17, 15) is 0 Å². The highest BCUT2D eigenvalue weighted by Crippen LogP contribution is 2.23. The number of benzene rings is 1. The molecule has 6 heteroatoms. The van der Waals surface area contributed by atoms with Crippen LogP contribution in [0.25, 0.3) is 0 Å². The molecule has 3 aromatic rings. The summed E-state index contributed by atoms with van der Waals surface area (Å²) in [7, 11) is 1.95. The lowest BCUT2D eigenvalue weighted by molar-refractivity contribution is -0.0350. The van der Waals surface area contributed by atoms with Gasteiger partial charge in [-0.25, -0.2) is 0 Å². The van der Waals surface area contributed by atoms with E-state index in [2.05, 4.69) is 40.5 Å². The molecule has 1 aromatic carbocycles. The molecular weight excluding hydrogens is 360 g/mol. The minimum atomic E-state index is -0.00488. The number of rotatable bonds is 5. The number of aryl methyl sites for hydroxylation is 1. The summed E-state index contributed by atoms with van der Waals surface area (Å²) in [4.78, 5) is 7.26. The standard InChI is InChI=1S/C21H23ClN4O/c1-25-13-17(12-23-25)14-26-8-9-27-21(15-26)20-7-3-6-19(24-20)11-16-4-2-5-18(22)10-16/h2-7,10,12-13,21H,8-9,11,14-15H2,1H3/t21-/m0/s1. The molecule has 0 bridgehead atoms. The predicted molar refractivity (Wildman–Crippen MR) is 106 cm³/mol. The van der Waals surface area contributed by atoms with Crippen molar-refractivity contribution in [1.29, 1.82) is 0 Å². The van der Waals surface area contributed by atoms with Crippen LogP contribution in [-0.2, 0) is 24.8 Å². The fourth-order valence-corrected chi connectivity index (χ4v) is 3.68. The number of ether oxygens (including phenoxy) is 1. The second-order valence-corrected chi connectivity index (χ2v) is 7.41. The molecule has 4 rings (SSSR count). The summed E-state index contributed by atoms with van der Waals surface area (Å²) in [5, 5.41) is 5.01. The molecule has 0 radical (unpaired) electrons. The van der Waals surface area contributed by atoms with Crippen molar-refractivity contribution in [2.75, 3.05) is 19.7 Å². The monoisotopic (exact) mass is 382 g/mol. The molecular formula is C21H23ClN4O. The highest BCUT2D eigenvalue weighted by atomic mass is 35.5. The molecule has 1 atom stereocenters. The van der Waals surface area contributed by atoms with E-state index in [4.69, 9.17) is 21.3 Å². The average Bonchev–Trinajstić information content (AvgIpc) is 3.07. The number of aromatic nitrogens is 3. The smallest absolute Gasteiger partial charge is 0.112 e. The molecule has 1 aliphatic heterocycles. The van der Waals surface area contributed by atoms with Crippen molar-refractivity contribution in [3.05, 3.63) is 82.4 Å². The Labute approximate surface area is 164 Å². The third-order valence-corrected chi connectivity index (χ3v) is 4.98. The van der Waals surface area contributed by atoms with Crippen molar-refractivity contribution in [1.82, 2.24) is 19.7 Å². The largest absolute Gasteiger partial charge is 0.369 e. The number of pyridine rings is 1. The molecule has 27 heavy (non-hydrogen) atoms. The Kier molecular flexibility index (Phi) is 5.53. The lowest BCUT2D eigenvalue weighted by Crippen LogP contribution is -2.38. The van der Waals surface area contributed by atoms with Crippen LogP contribution in [0.4, 0.5) is 0 Å². The van der Waals surface area contributed by atoms with Crippen LogP contribution in [0.5, 0.6) is 0 Å². The zero-order chi connectivity index (χ0) is 18.6. The van der Waals surface area contributed by atoms with Gasteiger partial charge in [0.25, 0.3) is 0 Å². The first-order valence-corrected chi connectivity index (χ1v) is 9.55. The number of halogens is 1. The molecule has 0 amide bonds. The number of nitrogens with zero attached hydrogens (tertiary/aromatic N) is 4. The summed E-state index contributed by atoms with van der Waals surface area (Å²) in [6.07, 6.45) is 4.75. The lowest BCUT2D eigenvalue weighted by Gasteiger charge is -2.32. The first kappa shape index (κ1) is 18.2. The zero-order valence-electron chi connectivity index (χ0n) is 15.4. The summed E-state index contributed by atoms with van der Waals surface area (Å²) in [6, 6.07) is 14.1. The van der Waals surface area contributed by atoms with Gasteiger partial charge in [-0.05, 0) is 29.8 Å². The lowest BCUT2D eigenvalue weighted by atomic mass is 10.1. The maximum Gasteiger partial charge on any atom is 0.112 e. The Morgan fingerprint density at radius 3 is 2.89 bits per heavy atom. The first-order chi connectivity index (χ1) is 13.2. The number of morpholine rings is 1. The summed E-state index contributed by atoms with van der Waals surface area (Å²) < 4.78 is 7.86. The maximum atomic E-state index is 6.10. The normalized spacial score (nSPS) is 17.9. The van der Waals surface area contributed by atoms with Crippen LogP contribution in [0.3, 0.4) is 0 Å². The molecule has 2 aromatic heterocycles. The number of hydrogen-bond acceptors (Lipinski definition) is 4. The van der Waals surface area contributed by atoms with Gasteiger partial charge in [-0.2, -0.15) is 5.10 Å². The SMILES string of the molecule is Cn1cc(CN2CCO[C@H](c3cccc(Cc4cccc(Cl)c4)n3)C2)cn1. The summed E-state index contributed by atoms with van der Waals surface area (Å²) in [5.74, 6) is 0. The van der Waals surface area contributed by atoms with Gasteiger partial charge in [0, 0.05) is 55.6 Å². The molecule has 0 saturated carbocycles. The van der Waals surface area contributed by atoms with Crippen LogP contribution < -0.4 is 0 Å². The van der Waals surface area contributed by atoms with Crippen molar-refractivity contribution in [3.8, 4) is 0 Å². The average molecular weight is 383 g/mol. The molecule has 1 aliphatic rings. The van der Waals surface area contributed by atoms with Gasteiger partial charge in [-0.1, -0.05) is 29.8 Å². The summed E-state index contributed by atoms with van der Waals surface area (Å²) >= 11 is 6.10. The van der Waals surface area contributed by atoms with E-state index < -0.39 is 0 Å². The highest BCUT2D eigenvalue weighted by Gasteiger charge is 2.23. The molecule has 0 N–H and O–H groups in total. The van der Waals surface area contributed by atoms with Gasteiger partial charge in [0.2, 0.25) is 0 Å². The third kappa shape index (κ3) is 4.75. The molecule has 3 heterocycles. The van der Waals surface area contributed by atoms with E-state index in [0.717, 1.165) is 48.0 Å². The summed E-state index contributed by atoms with van der Waals surface area (Å²) in [6.45, 7) is 3.36. The van der Waals surface area contributed by atoms with Crippen molar-refractivity contribution in [3.63, 3.8) is 0 Å². The molecule has 1 saturated heterocycles. The second-order valence-electron chi connectivity index (χ2n) is 6.98. The Bertz CT molecular complexity index is 910. The topological polar surface area (TPSA) is 43.2 Å². The number of hydrogen-bond donors (Lipinski definition) is 0. The van der Waals surface area contributed by atoms with E-state index in [0.29, 0.717) is 6.61 Å². The van der Waals surface area contributed by atoms with Crippen LogP contribution in [0.1, 0.15) is 28.6 Å². The summed E-state index contributed by atoms with van der Waals surface area (Å²) in [5.41, 5.74) is 4.41. The highest BCUT2D eigenvalue weighted by molar-refractivity contribution is 6.30. The van der Waals surface area contributed by atoms with Gasteiger partial charge in [-0.15, -0.1) is 0 Å². The Morgan fingerprint density at radius 1 is 1.19 bits per heavy atom. The minimum absolute atomic E-state index is 0.00488. The van der Waals surface area contributed by atoms with E-state index in [-0.39, 0.29) is 6.10 Å². The van der Waals surface area contributed by atoms with Crippen LogP contribution in [0.2, 0.25) is 5.02 Å². The van der Waals surface area contributed by atoms with Crippen LogP contribution in [-0.4, -0.2) is 39.4 Å². The maximum absolute atomic E-state index is 6.10. The van der Waals surface area contributed by atoms with E-state index >= 15 is 0 Å². The Balaban J connectivity index is 1.44. The van der Waals surface area contributed by atoms with E-state index in [1.807, 2.05) is 36.1 Å². The fraction of sp³-hybridized carbons (Fsp3) is 0.333. The fourth-order valence-electron chi connectivity index (χ4n) is 3.47. The zero-order valence-corrected chi connectivity index (χ0v) is 16.1. The van der Waals surface area contributed by atoms with Crippen molar-refractivity contribution >= 4 is 11.6 Å². The quantitative estimate of drug-likeness (QED) is 0.675. The van der Waals surface area contributed by atoms with Crippen molar-refractivity contribution in [2.45, 2.75) is 19.1 Å². The molecule has 140 valence electrons. The van der Waals surface area contributed by atoms with Gasteiger partial charge >= 0.3 is 0 Å². The van der Waals surface area contributed by atoms with Gasteiger partial charge in [0.15, 0.2) is 0 Å².